The second-order valence-electron chi connectivity index (χ2n) is 5.20. The minimum atomic E-state index is -0.481. The van der Waals surface area contributed by atoms with Gasteiger partial charge in [-0.2, -0.15) is 5.10 Å². The Labute approximate surface area is 102 Å². The summed E-state index contributed by atoms with van der Waals surface area (Å²) in [5.74, 6) is 0.573. The van der Waals surface area contributed by atoms with Crippen molar-refractivity contribution in [2.24, 2.45) is 0 Å². The Hall–Kier alpha value is -1.07. The second kappa shape index (κ2) is 5.06. The highest BCUT2D eigenvalue weighted by atomic mass is 16.3. The van der Waals surface area contributed by atoms with Crippen LogP contribution in [0.2, 0.25) is 0 Å². The van der Waals surface area contributed by atoms with Crippen molar-refractivity contribution in [1.29, 1.82) is 0 Å². The van der Waals surface area contributed by atoms with Gasteiger partial charge in [0, 0.05) is 19.3 Å². The molecule has 1 aliphatic rings. The summed E-state index contributed by atoms with van der Waals surface area (Å²) in [6.07, 6.45) is 4.73. The molecule has 17 heavy (non-hydrogen) atoms. The Morgan fingerprint density at radius 1 is 1.41 bits per heavy atom. The van der Waals surface area contributed by atoms with Crippen molar-refractivity contribution in [3.63, 3.8) is 0 Å². The number of nitrogens with two attached hydrogens (primary N) is 1. The predicted molar refractivity (Wildman–Crippen MR) is 67.6 cm³/mol. The number of rotatable bonds is 3. The number of anilines is 1. The molecule has 0 amide bonds. The van der Waals surface area contributed by atoms with Crippen molar-refractivity contribution < 1.29 is 5.11 Å². The molecule has 3 N–H and O–H groups in total. The lowest BCUT2D eigenvalue weighted by Gasteiger charge is -2.22. The molecule has 1 saturated heterocycles. The van der Waals surface area contributed by atoms with E-state index in [0.29, 0.717) is 5.82 Å². The normalized spacial score (nSPS) is 26.9. The van der Waals surface area contributed by atoms with Crippen molar-refractivity contribution >= 4 is 5.82 Å². The van der Waals surface area contributed by atoms with E-state index in [1.165, 1.54) is 0 Å². The lowest BCUT2D eigenvalue weighted by molar-refractivity contribution is 0.0445. The molecular formula is C12H22N4O. The highest BCUT2D eigenvalue weighted by Crippen LogP contribution is 2.21. The molecule has 1 unspecified atom stereocenters. The van der Waals surface area contributed by atoms with E-state index in [2.05, 4.69) is 10.00 Å². The number of aliphatic hydroxyl groups is 1. The van der Waals surface area contributed by atoms with Gasteiger partial charge in [-0.05, 0) is 38.8 Å². The number of hydrogen-bond acceptors (Lipinski definition) is 4. The van der Waals surface area contributed by atoms with E-state index in [1.807, 2.05) is 23.9 Å². The van der Waals surface area contributed by atoms with Crippen LogP contribution < -0.4 is 5.73 Å². The van der Waals surface area contributed by atoms with Crippen molar-refractivity contribution in [1.82, 2.24) is 14.7 Å². The van der Waals surface area contributed by atoms with Crippen LogP contribution in [0.3, 0.4) is 0 Å². The van der Waals surface area contributed by atoms with Gasteiger partial charge in [0.05, 0.1) is 12.1 Å². The minimum Gasteiger partial charge on any atom is -0.390 e. The molecule has 96 valence electrons. The van der Waals surface area contributed by atoms with Crippen LogP contribution in [0.25, 0.3) is 0 Å². The van der Waals surface area contributed by atoms with Crippen LogP contribution in [0.15, 0.2) is 12.3 Å². The maximum atomic E-state index is 10.0. The zero-order valence-corrected chi connectivity index (χ0v) is 10.5. The van der Waals surface area contributed by atoms with Crippen LogP contribution >= 0.6 is 0 Å². The number of aromatic nitrogens is 2. The molecule has 0 aliphatic carbocycles. The summed E-state index contributed by atoms with van der Waals surface area (Å²) in [5, 5.41) is 14.2. The first-order chi connectivity index (χ1) is 8.05. The van der Waals surface area contributed by atoms with Crippen molar-refractivity contribution in [3.8, 4) is 0 Å². The van der Waals surface area contributed by atoms with Crippen molar-refractivity contribution in [3.05, 3.63) is 12.3 Å². The summed E-state index contributed by atoms with van der Waals surface area (Å²) >= 11 is 0. The van der Waals surface area contributed by atoms with E-state index in [9.17, 15) is 5.11 Å². The Kier molecular flexibility index (Phi) is 3.69. The standard InChI is InChI=1S/C12H22N4O/c1-12(17)4-2-6-15(8-5-12)9-10-16-7-3-11(13)14-16/h3,7,17H,2,4-6,8-10H2,1H3,(H2,13,14). The molecule has 2 heterocycles. The molecule has 1 atom stereocenters. The van der Waals surface area contributed by atoms with E-state index in [4.69, 9.17) is 5.73 Å². The fourth-order valence-electron chi connectivity index (χ4n) is 2.29. The van der Waals surface area contributed by atoms with Crippen LogP contribution in [0.4, 0.5) is 5.82 Å². The third kappa shape index (κ3) is 3.71. The molecule has 0 radical (unpaired) electrons. The molecule has 1 aromatic rings. The topological polar surface area (TPSA) is 67.3 Å². The summed E-state index contributed by atoms with van der Waals surface area (Å²) in [5.41, 5.74) is 5.09. The maximum absolute atomic E-state index is 10.0. The van der Waals surface area contributed by atoms with Gasteiger partial charge >= 0.3 is 0 Å². The van der Waals surface area contributed by atoms with E-state index in [-0.39, 0.29) is 0 Å². The zero-order valence-electron chi connectivity index (χ0n) is 10.5. The van der Waals surface area contributed by atoms with Crippen LogP contribution in [0.1, 0.15) is 26.2 Å². The minimum absolute atomic E-state index is 0.481. The number of likely N-dealkylation sites (tertiary alicyclic amines) is 1. The molecule has 2 rings (SSSR count). The zero-order chi connectivity index (χ0) is 12.3. The second-order valence-corrected chi connectivity index (χ2v) is 5.20. The number of hydrogen-bond donors (Lipinski definition) is 2. The Morgan fingerprint density at radius 3 is 2.94 bits per heavy atom. The SMILES string of the molecule is CC1(O)CCCN(CCn2ccc(N)n2)CC1. The lowest BCUT2D eigenvalue weighted by atomic mass is 9.98. The molecule has 5 heteroatoms. The molecule has 0 spiro atoms. The van der Waals surface area contributed by atoms with Crippen molar-refractivity contribution in [2.45, 2.75) is 38.3 Å². The first-order valence-electron chi connectivity index (χ1n) is 6.29. The van der Waals surface area contributed by atoms with Gasteiger partial charge in [-0.15, -0.1) is 0 Å². The fourth-order valence-corrected chi connectivity index (χ4v) is 2.29. The van der Waals surface area contributed by atoms with Gasteiger partial charge in [0.25, 0.3) is 0 Å². The lowest BCUT2D eigenvalue weighted by Crippen LogP contribution is -2.30. The number of nitrogens with zero attached hydrogens (tertiary/aromatic N) is 3. The van der Waals surface area contributed by atoms with E-state index in [1.54, 1.807) is 0 Å². The van der Waals surface area contributed by atoms with Gasteiger partial charge in [-0.1, -0.05) is 0 Å². The van der Waals surface area contributed by atoms with Crippen molar-refractivity contribution in [2.75, 3.05) is 25.4 Å². The third-order valence-electron chi connectivity index (χ3n) is 3.46. The van der Waals surface area contributed by atoms with Gasteiger partial charge in [0.2, 0.25) is 0 Å². The highest BCUT2D eigenvalue weighted by molar-refractivity contribution is 5.23. The first kappa shape index (κ1) is 12.4. The first-order valence-corrected chi connectivity index (χ1v) is 6.29. The van der Waals surface area contributed by atoms with Crippen LogP contribution in [-0.4, -0.2) is 45.0 Å². The Bertz CT molecular complexity index is 361. The largest absolute Gasteiger partial charge is 0.390 e. The Balaban J connectivity index is 1.79. The van der Waals surface area contributed by atoms with Crippen LogP contribution in [0, 0.1) is 0 Å². The molecule has 0 saturated carbocycles. The predicted octanol–water partition coefficient (Wildman–Crippen LogP) is 0.702. The quantitative estimate of drug-likeness (QED) is 0.813. The van der Waals surface area contributed by atoms with E-state index in [0.717, 1.165) is 45.4 Å². The van der Waals surface area contributed by atoms with E-state index >= 15 is 0 Å². The molecule has 0 aromatic carbocycles. The van der Waals surface area contributed by atoms with Gasteiger partial charge in [-0.25, -0.2) is 0 Å². The summed E-state index contributed by atoms with van der Waals surface area (Å²) in [4.78, 5) is 2.39. The molecular weight excluding hydrogens is 216 g/mol. The summed E-state index contributed by atoms with van der Waals surface area (Å²) in [7, 11) is 0. The smallest absolute Gasteiger partial charge is 0.145 e. The monoisotopic (exact) mass is 238 g/mol. The highest BCUT2D eigenvalue weighted by Gasteiger charge is 2.24. The van der Waals surface area contributed by atoms with Gasteiger partial charge < -0.3 is 15.7 Å². The molecule has 1 fully saturated rings. The molecule has 1 aromatic heterocycles. The molecule has 1 aliphatic heterocycles. The summed E-state index contributed by atoms with van der Waals surface area (Å²) in [6.45, 7) is 5.79. The molecule has 5 nitrogen and oxygen atoms in total. The van der Waals surface area contributed by atoms with Gasteiger partial charge in [-0.3, -0.25) is 4.68 Å². The summed E-state index contributed by atoms with van der Waals surface area (Å²) in [6, 6.07) is 1.81. The van der Waals surface area contributed by atoms with Crippen LogP contribution in [-0.2, 0) is 6.54 Å². The molecule has 0 bridgehead atoms. The summed E-state index contributed by atoms with van der Waals surface area (Å²) < 4.78 is 1.87. The van der Waals surface area contributed by atoms with E-state index < -0.39 is 5.60 Å². The van der Waals surface area contributed by atoms with Gasteiger partial charge in [0.1, 0.15) is 5.82 Å². The third-order valence-corrected chi connectivity index (χ3v) is 3.46. The Morgan fingerprint density at radius 2 is 2.24 bits per heavy atom. The maximum Gasteiger partial charge on any atom is 0.145 e. The van der Waals surface area contributed by atoms with Gasteiger partial charge in [0.15, 0.2) is 0 Å². The average Bonchev–Trinajstić information content (AvgIpc) is 2.59. The number of nitrogen functional groups attached to an aromatic ring is 1. The average molecular weight is 238 g/mol. The fraction of sp³-hybridized carbons (Fsp3) is 0.750. The van der Waals surface area contributed by atoms with Crippen LogP contribution in [0.5, 0.6) is 0 Å².